The van der Waals surface area contributed by atoms with Crippen LogP contribution in [0.2, 0.25) is 5.02 Å². The van der Waals surface area contributed by atoms with Gasteiger partial charge in [0.1, 0.15) is 0 Å². The zero-order valence-corrected chi connectivity index (χ0v) is 14.9. The molecule has 4 nitrogen and oxygen atoms in total. The number of allylic oxidation sites excluding steroid dienone is 1. The Labute approximate surface area is 147 Å². The number of halogens is 2. The topological polar surface area (TPSA) is 46.4 Å². The first-order valence-electron chi connectivity index (χ1n) is 7.03. The standard InChI is InChI=1S/C17H14BrClN2O2/c1-11-16(12-3-9-15(19)10-4-12)21(23)17(2,20(11)22)13-5-7-14(18)8-6-13/h3-10H,1-2H3/t17-/m0/s1. The van der Waals surface area contributed by atoms with Crippen molar-refractivity contribution in [3.05, 3.63) is 85.0 Å². The molecule has 0 spiro atoms. The van der Waals surface area contributed by atoms with Gasteiger partial charge in [-0.05, 0) is 55.5 Å². The van der Waals surface area contributed by atoms with Crippen LogP contribution in [0.4, 0.5) is 0 Å². The van der Waals surface area contributed by atoms with Crippen LogP contribution < -0.4 is 0 Å². The Morgan fingerprint density at radius 1 is 1.13 bits per heavy atom. The number of benzene rings is 2. The Kier molecular flexibility index (Phi) is 4.04. The third kappa shape index (κ3) is 2.49. The van der Waals surface area contributed by atoms with Crippen LogP contribution in [0.5, 0.6) is 0 Å². The zero-order valence-electron chi connectivity index (χ0n) is 12.6. The van der Waals surface area contributed by atoms with Crippen LogP contribution in [0.1, 0.15) is 25.0 Å². The molecule has 2 aromatic carbocycles. The highest BCUT2D eigenvalue weighted by Gasteiger charge is 2.54. The van der Waals surface area contributed by atoms with Crippen molar-refractivity contribution < 1.29 is 4.76 Å². The zero-order chi connectivity index (χ0) is 16.8. The molecular weight excluding hydrogens is 380 g/mol. The van der Waals surface area contributed by atoms with Gasteiger partial charge in [0, 0.05) is 26.9 Å². The molecule has 0 N–H and O–H groups in total. The molecule has 6 heteroatoms. The Morgan fingerprint density at radius 3 is 2.26 bits per heavy atom. The molecule has 0 aromatic heterocycles. The number of rotatable bonds is 2. The van der Waals surface area contributed by atoms with Crippen molar-refractivity contribution >= 4 is 33.2 Å². The Hall–Kier alpha value is -1.69. The fraction of sp³-hybridized carbons (Fsp3) is 0.176. The second kappa shape index (κ2) is 5.74. The van der Waals surface area contributed by atoms with Gasteiger partial charge in [0.05, 0.1) is 16.0 Å². The van der Waals surface area contributed by atoms with Gasteiger partial charge in [-0.2, -0.15) is 0 Å². The highest BCUT2D eigenvalue weighted by molar-refractivity contribution is 9.10. The molecule has 0 saturated carbocycles. The molecule has 0 radical (unpaired) electrons. The average Bonchev–Trinajstić information content (AvgIpc) is 2.71. The third-order valence-corrected chi connectivity index (χ3v) is 4.93. The SMILES string of the molecule is CC1=C(c2ccc(Cl)cc2)[N+](=O)[C@@](C)(c2ccc(Br)cc2)N1[O-]. The van der Waals surface area contributed by atoms with Gasteiger partial charge in [-0.15, -0.1) is 0 Å². The Bertz CT molecular complexity index is 802. The minimum absolute atomic E-state index is 0.363. The van der Waals surface area contributed by atoms with Gasteiger partial charge in [-0.1, -0.05) is 27.5 Å². The van der Waals surface area contributed by atoms with E-state index in [0.717, 1.165) is 14.3 Å². The van der Waals surface area contributed by atoms with E-state index in [1.165, 1.54) is 0 Å². The fourth-order valence-corrected chi connectivity index (χ4v) is 3.19. The molecule has 0 saturated heterocycles. The maximum Gasteiger partial charge on any atom is 0.306 e. The third-order valence-electron chi connectivity index (χ3n) is 4.15. The van der Waals surface area contributed by atoms with Gasteiger partial charge < -0.3 is 10.3 Å². The van der Waals surface area contributed by atoms with Crippen LogP contribution in [-0.4, -0.2) is 9.82 Å². The van der Waals surface area contributed by atoms with Crippen LogP contribution in [0, 0.1) is 10.1 Å². The quantitative estimate of drug-likeness (QED) is 0.654. The van der Waals surface area contributed by atoms with Gasteiger partial charge in [-0.25, -0.2) is 0 Å². The largest absolute Gasteiger partial charge is 0.753 e. The van der Waals surface area contributed by atoms with E-state index in [1.807, 2.05) is 12.1 Å². The summed E-state index contributed by atoms with van der Waals surface area (Å²) in [6.45, 7) is 3.29. The van der Waals surface area contributed by atoms with E-state index in [1.54, 1.807) is 50.2 Å². The minimum Gasteiger partial charge on any atom is -0.753 e. The van der Waals surface area contributed by atoms with Crippen molar-refractivity contribution in [3.63, 3.8) is 0 Å². The predicted molar refractivity (Wildman–Crippen MR) is 94.4 cm³/mol. The smallest absolute Gasteiger partial charge is 0.306 e. The molecule has 23 heavy (non-hydrogen) atoms. The Balaban J connectivity index is 2.09. The van der Waals surface area contributed by atoms with Crippen LogP contribution in [-0.2, 0) is 5.66 Å². The molecule has 118 valence electrons. The van der Waals surface area contributed by atoms with Crippen molar-refractivity contribution in [2.75, 3.05) is 0 Å². The van der Waals surface area contributed by atoms with Crippen LogP contribution in [0.3, 0.4) is 0 Å². The predicted octanol–water partition coefficient (Wildman–Crippen LogP) is 5.26. The lowest BCUT2D eigenvalue weighted by atomic mass is 10.0. The highest BCUT2D eigenvalue weighted by atomic mass is 79.9. The van der Waals surface area contributed by atoms with Crippen molar-refractivity contribution in [1.82, 2.24) is 5.06 Å². The van der Waals surface area contributed by atoms with Gasteiger partial charge in [0.25, 0.3) is 5.70 Å². The molecule has 0 aliphatic carbocycles. The summed E-state index contributed by atoms with van der Waals surface area (Å²) in [6.07, 6.45) is 0. The van der Waals surface area contributed by atoms with Crippen LogP contribution in [0.15, 0.2) is 58.7 Å². The number of hydrogen-bond donors (Lipinski definition) is 0. The number of nitrogens with zero attached hydrogens (tertiary/aromatic N) is 2. The van der Waals surface area contributed by atoms with Gasteiger partial charge in [0.15, 0.2) is 0 Å². The Morgan fingerprint density at radius 2 is 1.70 bits per heavy atom. The lowest BCUT2D eigenvalue weighted by molar-refractivity contribution is -0.565. The molecule has 0 amide bonds. The summed E-state index contributed by atoms with van der Waals surface area (Å²) in [4.78, 5) is 13.0. The second-order valence-electron chi connectivity index (χ2n) is 5.56. The fourth-order valence-electron chi connectivity index (χ4n) is 2.80. The molecule has 1 aliphatic heterocycles. The average molecular weight is 394 g/mol. The van der Waals surface area contributed by atoms with E-state index < -0.39 is 5.66 Å². The highest BCUT2D eigenvalue weighted by Crippen LogP contribution is 2.44. The van der Waals surface area contributed by atoms with E-state index >= 15 is 0 Å². The molecule has 0 fully saturated rings. The summed E-state index contributed by atoms with van der Waals surface area (Å²) in [7, 11) is 0. The molecule has 1 aliphatic rings. The molecule has 3 rings (SSSR count). The van der Waals surface area contributed by atoms with Crippen LogP contribution in [0.25, 0.3) is 5.70 Å². The van der Waals surface area contributed by atoms with E-state index in [9.17, 15) is 10.1 Å². The summed E-state index contributed by atoms with van der Waals surface area (Å²) < 4.78 is 1.67. The number of hydrogen-bond acceptors (Lipinski definition) is 3. The van der Waals surface area contributed by atoms with Gasteiger partial charge in [-0.3, -0.25) is 0 Å². The monoisotopic (exact) mass is 392 g/mol. The van der Waals surface area contributed by atoms with Crippen LogP contribution >= 0.6 is 27.5 Å². The first kappa shape index (κ1) is 16.2. The minimum atomic E-state index is -1.33. The first-order chi connectivity index (χ1) is 10.9. The van der Waals surface area contributed by atoms with Crippen molar-refractivity contribution in [1.29, 1.82) is 0 Å². The van der Waals surface area contributed by atoms with Gasteiger partial charge >= 0.3 is 5.66 Å². The van der Waals surface area contributed by atoms with E-state index in [4.69, 9.17) is 11.6 Å². The molecular formula is C17H14BrClN2O2. The molecule has 0 unspecified atom stereocenters. The number of hydroxylamine groups is 2. The lowest BCUT2D eigenvalue weighted by Crippen LogP contribution is -2.41. The molecule has 1 atom stereocenters. The normalized spacial score (nSPS) is 21.3. The van der Waals surface area contributed by atoms with Crippen molar-refractivity contribution in [2.24, 2.45) is 0 Å². The molecule has 1 heterocycles. The van der Waals surface area contributed by atoms with E-state index in [0.29, 0.717) is 27.5 Å². The van der Waals surface area contributed by atoms with Crippen molar-refractivity contribution in [2.45, 2.75) is 19.5 Å². The summed E-state index contributed by atoms with van der Waals surface area (Å²) in [5, 5.41) is 14.1. The maximum atomic E-state index is 13.0. The summed E-state index contributed by atoms with van der Waals surface area (Å²) in [6, 6.07) is 14.1. The van der Waals surface area contributed by atoms with Crippen molar-refractivity contribution in [3.8, 4) is 0 Å². The molecule has 0 bridgehead atoms. The molecule has 2 aromatic rings. The van der Waals surface area contributed by atoms with Gasteiger partial charge in [0.2, 0.25) is 0 Å². The first-order valence-corrected chi connectivity index (χ1v) is 8.20. The lowest BCUT2D eigenvalue weighted by Gasteiger charge is -2.35. The maximum absolute atomic E-state index is 13.0. The summed E-state index contributed by atoms with van der Waals surface area (Å²) in [5.41, 5.74) is 0.715. The second-order valence-corrected chi connectivity index (χ2v) is 6.91. The summed E-state index contributed by atoms with van der Waals surface area (Å²) in [5.74, 6) is 0. The van der Waals surface area contributed by atoms with E-state index in [-0.39, 0.29) is 0 Å². The van der Waals surface area contributed by atoms with E-state index in [2.05, 4.69) is 15.9 Å². The number of nitroso groups, excluding NO2 is 1. The summed E-state index contributed by atoms with van der Waals surface area (Å²) >= 11 is 9.26.